The summed E-state index contributed by atoms with van der Waals surface area (Å²) in [4.78, 5) is 11.7. The molecular weight excluding hydrogens is 394 g/mol. The highest BCUT2D eigenvalue weighted by molar-refractivity contribution is 9.10. The van der Waals surface area contributed by atoms with Gasteiger partial charge in [-0.25, -0.2) is 13.1 Å². The monoisotopic (exact) mass is 413 g/mol. The molecule has 0 aliphatic rings. The molecule has 126 valence electrons. The van der Waals surface area contributed by atoms with Crippen LogP contribution in [0.1, 0.15) is 19.8 Å². The molecule has 0 saturated heterocycles. The number of carbonyl (C=O) groups is 1. The van der Waals surface area contributed by atoms with Crippen LogP contribution in [-0.4, -0.2) is 33.5 Å². The van der Waals surface area contributed by atoms with Crippen molar-refractivity contribution in [2.24, 2.45) is 5.73 Å². The minimum Gasteiger partial charge on any atom is -0.356 e. The van der Waals surface area contributed by atoms with E-state index in [9.17, 15) is 13.2 Å². The van der Waals surface area contributed by atoms with Gasteiger partial charge in [-0.2, -0.15) is 0 Å². The molecule has 9 heteroatoms. The predicted molar refractivity (Wildman–Crippen MR) is 92.5 cm³/mol. The Balaban J connectivity index is 0.00000441. The number of sulfonamides is 1. The molecule has 0 spiro atoms. The second-order valence-electron chi connectivity index (χ2n) is 4.72. The van der Waals surface area contributed by atoms with E-state index < -0.39 is 10.0 Å². The van der Waals surface area contributed by atoms with Gasteiger partial charge in [0.25, 0.3) is 0 Å². The SMILES string of the molecule is CC(N)CCNC(=O)CCNS(=O)(=O)c1ccc(Br)cc1.Cl. The Hall–Kier alpha value is -0.670. The fourth-order valence-electron chi connectivity index (χ4n) is 1.52. The number of carbonyl (C=O) groups excluding carboxylic acids is 1. The molecule has 0 radical (unpaired) electrons. The van der Waals surface area contributed by atoms with Crippen molar-refractivity contribution < 1.29 is 13.2 Å². The standard InChI is InChI=1S/C13H20BrN3O3S.ClH/c1-10(15)6-8-16-13(18)7-9-17-21(19,20)12-4-2-11(14)3-5-12;/h2-5,10,17H,6-9,15H2,1H3,(H,16,18);1H. The Morgan fingerprint density at radius 3 is 2.41 bits per heavy atom. The van der Waals surface area contributed by atoms with Crippen molar-refractivity contribution in [3.63, 3.8) is 0 Å². The highest BCUT2D eigenvalue weighted by atomic mass is 79.9. The predicted octanol–water partition coefficient (Wildman–Crippen LogP) is 1.39. The first kappa shape index (κ1) is 21.3. The van der Waals surface area contributed by atoms with E-state index in [0.29, 0.717) is 13.0 Å². The van der Waals surface area contributed by atoms with Crippen LogP contribution in [0.15, 0.2) is 33.6 Å². The van der Waals surface area contributed by atoms with Gasteiger partial charge in [-0.05, 0) is 37.6 Å². The fraction of sp³-hybridized carbons (Fsp3) is 0.462. The molecule has 1 aromatic carbocycles. The molecule has 1 amide bonds. The van der Waals surface area contributed by atoms with E-state index >= 15 is 0 Å². The van der Waals surface area contributed by atoms with E-state index in [2.05, 4.69) is 26.0 Å². The second-order valence-corrected chi connectivity index (χ2v) is 7.40. The molecule has 0 heterocycles. The lowest BCUT2D eigenvalue weighted by Gasteiger charge is -2.08. The van der Waals surface area contributed by atoms with E-state index in [0.717, 1.165) is 4.47 Å². The summed E-state index contributed by atoms with van der Waals surface area (Å²) in [6.45, 7) is 2.41. The summed E-state index contributed by atoms with van der Waals surface area (Å²) >= 11 is 3.24. The normalized spacial score (nSPS) is 12.3. The zero-order valence-corrected chi connectivity index (χ0v) is 15.4. The molecular formula is C13H21BrClN3O3S. The smallest absolute Gasteiger partial charge is 0.240 e. The van der Waals surface area contributed by atoms with Crippen LogP contribution in [-0.2, 0) is 14.8 Å². The number of rotatable bonds is 8. The average molecular weight is 415 g/mol. The molecule has 0 saturated carbocycles. The van der Waals surface area contributed by atoms with E-state index in [4.69, 9.17) is 5.73 Å². The van der Waals surface area contributed by atoms with Crippen LogP contribution in [0.25, 0.3) is 0 Å². The highest BCUT2D eigenvalue weighted by Crippen LogP contribution is 2.14. The van der Waals surface area contributed by atoms with Crippen molar-refractivity contribution in [1.29, 1.82) is 0 Å². The molecule has 1 atom stereocenters. The minimum absolute atomic E-state index is 0. The lowest BCUT2D eigenvalue weighted by Crippen LogP contribution is -2.32. The summed E-state index contributed by atoms with van der Waals surface area (Å²) in [5.41, 5.74) is 5.56. The van der Waals surface area contributed by atoms with Gasteiger partial charge in [0.1, 0.15) is 0 Å². The molecule has 22 heavy (non-hydrogen) atoms. The maximum atomic E-state index is 12.0. The van der Waals surface area contributed by atoms with Gasteiger partial charge >= 0.3 is 0 Å². The summed E-state index contributed by atoms with van der Waals surface area (Å²) in [5.74, 6) is -0.200. The lowest BCUT2D eigenvalue weighted by molar-refractivity contribution is -0.120. The quantitative estimate of drug-likeness (QED) is 0.598. The van der Waals surface area contributed by atoms with Crippen molar-refractivity contribution in [2.75, 3.05) is 13.1 Å². The van der Waals surface area contributed by atoms with Crippen LogP contribution >= 0.6 is 28.3 Å². The van der Waals surface area contributed by atoms with Gasteiger partial charge in [0.15, 0.2) is 0 Å². The number of halogens is 2. The molecule has 1 unspecified atom stereocenters. The molecule has 1 aromatic rings. The first-order chi connectivity index (χ1) is 9.81. The number of hydrogen-bond donors (Lipinski definition) is 3. The Morgan fingerprint density at radius 1 is 1.27 bits per heavy atom. The van der Waals surface area contributed by atoms with Gasteiger partial charge in [0.2, 0.25) is 15.9 Å². The zero-order chi connectivity index (χ0) is 15.9. The van der Waals surface area contributed by atoms with Crippen LogP contribution in [0.4, 0.5) is 0 Å². The summed E-state index contributed by atoms with van der Waals surface area (Å²) in [6.07, 6.45) is 0.783. The highest BCUT2D eigenvalue weighted by Gasteiger charge is 2.13. The fourth-order valence-corrected chi connectivity index (χ4v) is 2.82. The number of hydrogen-bond acceptors (Lipinski definition) is 4. The van der Waals surface area contributed by atoms with Crippen molar-refractivity contribution in [1.82, 2.24) is 10.0 Å². The van der Waals surface area contributed by atoms with Gasteiger partial charge in [-0.3, -0.25) is 4.79 Å². The van der Waals surface area contributed by atoms with Crippen LogP contribution in [0.2, 0.25) is 0 Å². The van der Waals surface area contributed by atoms with Crippen LogP contribution in [0.5, 0.6) is 0 Å². The third kappa shape index (κ3) is 8.09. The number of amides is 1. The van der Waals surface area contributed by atoms with Crippen LogP contribution in [0.3, 0.4) is 0 Å². The summed E-state index contributed by atoms with van der Waals surface area (Å²) in [5, 5.41) is 2.69. The third-order valence-electron chi connectivity index (χ3n) is 2.69. The summed E-state index contributed by atoms with van der Waals surface area (Å²) < 4.78 is 27.1. The van der Waals surface area contributed by atoms with Crippen molar-refractivity contribution in [2.45, 2.75) is 30.7 Å². The summed E-state index contributed by atoms with van der Waals surface area (Å²) in [6, 6.07) is 6.32. The molecule has 0 aliphatic carbocycles. The number of benzene rings is 1. The zero-order valence-electron chi connectivity index (χ0n) is 12.2. The maximum absolute atomic E-state index is 12.0. The molecule has 0 bridgehead atoms. The van der Waals surface area contributed by atoms with E-state index in [1.54, 1.807) is 12.1 Å². The molecule has 6 nitrogen and oxygen atoms in total. The molecule has 0 aromatic heterocycles. The number of nitrogens with one attached hydrogen (secondary N) is 2. The maximum Gasteiger partial charge on any atom is 0.240 e. The lowest BCUT2D eigenvalue weighted by atomic mass is 10.2. The van der Waals surface area contributed by atoms with Crippen LogP contribution in [0, 0.1) is 0 Å². The minimum atomic E-state index is -3.58. The van der Waals surface area contributed by atoms with Gasteiger partial charge < -0.3 is 11.1 Å². The van der Waals surface area contributed by atoms with Crippen molar-refractivity contribution >= 4 is 44.3 Å². The van der Waals surface area contributed by atoms with Gasteiger partial charge in [-0.1, -0.05) is 15.9 Å². The van der Waals surface area contributed by atoms with Gasteiger partial charge in [-0.15, -0.1) is 12.4 Å². The Bertz CT molecular complexity index is 564. The van der Waals surface area contributed by atoms with Gasteiger partial charge in [0, 0.05) is 30.0 Å². The Morgan fingerprint density at radius 2 is 1.86 bits per heavy atom. The molecule has 4 N–H and O–H groups in total. The number of nitrogens with two attached hydrogens (primary N) is 1. The van der Waals surface area contributed by atoms with E-state index in [1.807, 2.05) is 6.92 Å². The largest absolute Gasteiger partial charge is 0.356 e. The molecule has 1 rings (SSSR count). The Kier molecular flexibility index (Phi) is 9.86. The van der Waals surface area contributed by atoms with E-state index in [1.165, 1.54) is 12.1 Å². The first-order valence-corrected chi connectivity index (χ1v) is 8.86. The topological polar surface area (TPSA) is 101 Å². The van der Waals surface area contributed by atoms with Crippen LogP contribution < -0.4 is 15.8 Å². The average Bonchev–Trinajstić information content (AvgIpc) is 2.38. The van der Waals surface area contributed by atoms with Crippen molar-refractivity contribution in [3.05, 3.63) is 28.7 Å². The van der Waals surface area contributed by atoms with E-state index in [-0.39, 0.29) is 42.2 Å². The Labute approximate surface area is 145 Å². The van der Waals surface area contributed by atoms with Crippen molar-refractivity contribution in [3.8, 4) is 0 Å². The van der Waals surface area contributed by atoms with Gasteiger partial charge in [0.05, 0.1) is 4.90 Å². The molecule has 0 fully saturated rings. The third-order valence-corrected chi connectivity index (χ3v) is 4.70. The molecule has 0 aliphatic heterocycles. The first-order valence-electron chi connectivity index (χ1n) is 6.59. The second kappa shape index (κ2) is 10.2. The summed E-state index contributed by atoms with van der Waals surface area (Å²) in [7, 11) is -3.58.